The number of carbonyl (C=O) groups is 1. The quantitative estimate of drug-likeness (QED) is 0.301. The fourth-order valence-electron chi connectivity index (χ4n) is 10.2. The lowest BCUT2D eigenvalue weighted by molar-refractivity contribution is -0.121. The highest BCUT2D eigenvalue weighted by Gasteiger charge is 2.59. The van der Waals surface area contributed by atoms with Gasteiger partial charge in [-0.25, -0.2) is 0 Å². The molecular formula is C36H55NO2. The molecule has 4 aliphatic rings. The van der Waals surface area contributed by atoms with Crippen LogP contribution in [0.2, 0.25) is 0 Å². The number of fused-ring (bicyclic) bond motifs is 5. The molecule has 216 valence electrons. The van der Waals surface area contributed by atoms with E-state index in [1.807, 2.05) is 18.2 Å². The van der Waals surface area contributed by atoms with Gasteiger partial charge in [-0.1, -0.05) is 88.9 Å². The van der Waals surface area contributed by atoms with E-state index >= 15 is 0 Å². The number of hydrogen-bond acceptors (Lipinski definition) is 3. The molecule has 0 aromatic heterocycles. The largest absolute Gasteiger partial charge is 0.393 e. The SMILES string of the molecule is CC(CCC[C@@H](C)[C@H]1CC[C@H]2[C@@H]3CC=C4C[C@@H](O)CC[C@]4(C)[C@H]3CC[C@]12C)CC(=O)[C@@H](N)Cc1ccccc1. The summed E-state index contributed by atoms with van der Waals surface area (Å²) in [6.07, 6.45) is 17.3. The highest BCUT2D eigenvalue weighted by Crippen LogP contribution is 2.67. The van der Waals surface area contributed by atoms with Gasteiger partial charge in [-0.05, 0) is 110 Å². The first-order valence-corrected chi connectivity index (χ1v) is 16.3. The molecule has 3 heteroatoms. The standard InChI is InChI=1S/C36H55NO2/c1-24(21-34(39)33(37)22-26-11-6-5-7-12-26)9-8-10-25(2)30-15-16-31-29-14-13-27-23-28(38)17-19-35(27,3)32(29)18-20-36(30,31)4/h5-7,11-13,24-25,28-33,38H,8-10,14-23,37H2,1-4H3/t24?,25-,28+,29+,30-,31+,32+,33+,35+,36-/m1/s1. The Morgan fingerprint density at radius 2 is 1.79 bits per heavy atom. The van der Waals surface area contributed by atoms with Crippen LogP contribution < -0.4 is 5.73 Å². The molecule has 1 aromatic rings. The maximum Gasteiger partial charge on any atom is 0.150 e. The summed E-state index contributed by atoms with van der Waals surface area (Å²) in [6.45, 7) is 9.96. The van der Waals surface area contributed by atoms with Crippen LogP contribution in [0.1, 0.15) is 110 Å². The normalized spacial score (nSPS) is 38.1. The van der Waals surface area contributed by atoms with E-state index in [0.29, 0.717) is 29.6 Å². The van der Waals surface area contributed by atoms with Gasteiger partial charge >= 0.3 is 0 Å². The molecule has 0 radical (unpaired) electrons. The van der Waals surface area contributed by atoms with Crippen LogP contribution in [-0.4, -0.2) is 23.0 Å². The Kier molecular flexibility index (Phi) is 8.80. The van der Waals surface area contributed by atoms with Crippen LogP contribution in [0.25, 0.3) is 0 Å². The van der Waals surface area contributed by atoms with Gasteiger partial charge in [0.25, 0.3) is 0 Å². The Bertz CT molecular complexity index is 1020. The van der Waals surface area contributed by atoms with Crippen molar-refractivity contribution in [1.29, 1.82) is 0 Å². The molecule has 3 saturated carbocycles. The third kappa shape index (κ3) is 5.82. The minimum Gasteiger partial charge on any atom is -0.393 e. The van der Waals surface area contributed by atoms with Crippen molar-refractivity contribution in [2.75, 3.05) is 0 Å². The first-order chi connectivity index (χ1) is 18.6. The summed E-state index contributed by atoms with van der Waals surface area (Å²) < 4.78 is 0. The fourth-order valence-corrected chi connectivity index (χ4v) is 10.2. The van der Waals surface area contributed by atoms with Crippen molar-refractivity contribution < 1.29 is 9.90 Å². The highest BCUT2D eigenvalue weighted by atomic mass is 16.3. The number of rotatable bonds is 10. The lowest BCUT2D eigenvalue weighted by Gasteiger charge is -2.58. The number of hydrogen-bond donors (Lipinski definition) is 2. The summed E-state index contributed by atoms with van der Waals surface area (Å²) in [4.78, 5) is 12.8. The summed E-state index contributed by atoms with van der Waals surface area (Å²) in [7, 11) is 0. The van der Waals surface area contributed by atoms with Crippen LogP contribution in [0.5, 0.6) is 0 Å². The van der Waals surface area contributed by atoms with E-state index in [1.165, 1.54) is 51.4 Å². The van der Waals surface area contributed by atoms with Gasteiger partial charge in [-0.15, -0.1) is 0 Å². The fraction of sp³-hybridized carbons (Fsp3) is 0.750. The molecule has 4 aliphatic carbocycles. The first kappa shape index (κ1) is 29.1. The third-order valence-corrected chi connectivity index (χ3v) is 12.5. The number of aliphatic hydroxyl groups excluding tert-OH is 1. The van der Waals surface area contributed by atoms with Gasteiger partial charge in [0.2, 0.25) is 0 Å². The van der Waals surface area contributed by atoms with Crippen molar-refractivity contribution in [2.24, 2.45) is 52.1 Å². The van der Waals surface area contributed by atoms with Gasteiger partial charge in [0, 0.05) is 6.42 Å². The number of ketones is 1. The average Bonchev–Trinajstić information content (AvgIpc) is 3.27. The van der Waals surface area contributed by atoms with E-state index in [-0.39, 0.29) is 17.9 Å². The molecule has 39 heavy (non-hydrogen) atoms. The van der Waals surface area contributed by atoms with Crippen molar-refractivity contribution in [3.8, 4) is 0 Å². The molecule has 0 bridgehead atoms. The second-order valence-corrected chi connectivity index (χ2v) is 14.9. The monoisotopic (exact) mass is 533 g/mol. The molecule has 0 spiro atoms. The molecule has 1 aromatic carbocycles. The summed E-state index contributed by atoms with van der Waals surface area (Å²) in [5, 5.41) is 10.3. The van der Waals surface area contributed by atoms with Gasteiger partial charge in [0.15, 0.2) is 0 Å². The van der Waals surface area contributed by atoms with Crippen LogP contribution in [0.15, 0.2) is 42.0 Å². The number of allylic oxidation sites excluding steroid dienone is 1. The van der Waals surface area contributed by atoms with Crippen molar-refractivity contribution in [3.05, 3.63) is 47.5 Å². The Hall–Kier alpha value is -1.45. The number of nitrogens with two attached hydrogens (primary N) is 1. The second kappa shape index (κ2) is 11.8. The van der Waals surface area contributed by atoms with E-state index < -0.39 is 0 Å². The molecule has 0 aliphatic heterocycles. The minimum absolute atomic E-state index is 0.113. The van der Waals surface area contributed by atoms with Gasteiger partial charge < -0.3 is 10.8 Å². The zero-order valence-electron chi connectivity index (χ0n) is 25.2. The average molecular weight is 534 g/mol. The lowest BCUT2D eigenvalue weighted by atomic mass is 9.47. The predicted molar refractivity (Wildman–Crippen MR) is 161 cm³/mol. The smallest absolute Gasteiger partial charge is 0.150 e. The van der Waals surface area contributed by atoms with Crippen LogP contribution in [-0.2, 0) is 11.2 Å². The highest BCUT2D eigenvalue weighted by molar-refractivity contribution is 5.84. The van der Waals surface area contributed by atoms with E-state index in [4.69, 9.17) is 5.73 Å². The lowest BCUT2D eigenvalue weighted by Crippen LogP contribution is -2.50. The molecule has 1 unspecified atom stereocenters. The first-order valence-electron chi connectivity index (χ1n) is 16.3. The number of Topliss-reactive ketones (excluding diaryl/α,β-unsaturated/α-hetero) is 1. The molecule has 0 amide bonds. The number of aliphatic hydroxyl groups is 1. The van der Waals surface area contributed by atoms with E-state index in [0.717, 1.165) is 54.4 Å². The predicted octanol–water partition coefficient (Wildman–Crippen LogP) is 7.90. The number of benzene rings is 1. The van der Waals surface area contributed by atoms with E-state index in [9.17, 15) is 9.90 Å². The second-order valence-electron chi connectivity index (χ2n) is 14.9. The molecule has 3 N–H and O–H groups in total. The summed E-state index contributed by atoms with van der Waals surface area (Å²) in [5.41, 5.74) is 9.83. The van der Waals surface area contributed by atoms with E-state index in [2.05, 4.69) is 45.9 Å². The van der Waals surface area contributed by atoms with E-state index in [1.54, 1.807) is 5.57 Å². The zero-order chi connectivity index (χ0) is 27.8. The summed E-state index contributed by atoms with van der Waals surface area (Å²) >= 11 is 0. The van der Waals surface area contributed by atoms with Crippen molar-refractivity contribution >= 4 is 5.78 Å². The summed E-state index contributed by atoms with van der Waals surface area (Å²) in [6, 6.07) is 9.76. The maximum atomic E-state index is 12.8. The van der Waals surface area contributed by atoms with Crippen LogP contribution in [0.4, 0.5) is 0 Å². The number of carbonyl (C=O) groups excluding carboxylic acids is 1. The van der Waals surface area contributed by atoms with Crippen LogP contribution >= 0.6 is 0 Å². The minimum atomic E-state index is -0.383. The Labute approximate surface area is 238 Å². The third-order valence-electron chi connectivity index (χ3n) is 12.5. The summed E-state index contributed by atoms with van der Waals surface area (Å²) in [5.74, 6) is 4.76. The zero-order valence-corrected chi connectivity index (χ0v) is 25.2. The molecule has 3 nitrogen and oxygen atoms in total. The molecule has 5 rings (SSSR count). The van der Waals surface area contributed by atoms with Crippen LogP contribution in [0.3, 0.4) is 0 Å². The molecule has 0 saturated heterocycles. The van der Waals surface area contributed by atoms with Crippen molar-refractivity contribution in [3.63, 3.8) is 0 Å². The topological polar surface area (TPSA) is 63.3 Å². The maximum absolute atomic E-state index is 12.8. The molecule has 10 atom stereocenters. The van der Waals surface area contributed by atoms with Gasteiger partial charge in [0.05, 0.1) is 12.1 Å². The van der Waals surface area contributed by atoms with Gasteiger partial charge in [-0.3, -0.25) is 4.79 Å². The molecular weight excluding hydrogens is 478 g/mol. The molecule has 0 heterocycles. The molecule has 3 fully saturated rings. The van der Waals surface area contributed by atoms with Crippen LogP contribution in [0, 0.1) is 46.3 Å². The van der Waals surface area contributed by atoms with Gasteiger partial charge in [0.1, 0.15) is 5.78 Å². The van der Waals surface area contributed by atoms with Crippen molar-refractivity contribution in [2.45, 2.75) is 123 Å². The van der Waals surface area contributed by atoms with Crippen molar-refractivity contribution in [1.82, 2.24) is 0 Å². The Balaban J connectivity index is 1.11. The Morgan fingerprint density at radius 1 is 1.03 bits per heavy atom. The van der Waals surface area contributed by atoms with Gasteiger partial charge in [-0.2, -0.15) is 0 Å². The Morgan fingerprint density at radius 3 is 2.56 bits per heavy atom.